The SMILES string of the molecule is CCCCNC1(P(=O)(OCCCC)OCCCC)CCCC(P(=O)(O)OCCNS(=O)(=O)Cc2ccccc2)C1. The molecule has 3 atom stereocenters. The van der Waals surface area contributed by atoms with Crippen LogP contribution >= 0.6 is 15.2 Å². The van der Waals surface area contributed by atoms with E-state index in [-0.39, 0.29) is 38.5 Å². The van der Waals surface area contributed by atoms with Crippen LogP contribution in [-0.2, 0) is 38.5 Å². The third kappa shape index (κ3) is 11.2. The van der Waals surface area contributed by atoms with Gasteiger partial charge in [-0.2, -0.15) is 0 Å². The molecule has 1 saturated carbocycles. The van der Waals surface area contributed by atoms with Crippen molar-refractivity contribution in [3.05, 3.63) is 35.9 Å². The van der Waals surface area contributed by atoms with Gasteiger partial charge in [0.15, 0.2) is 0 Å². The van der Waals surface area contributed by atoms with E-state index in [2.05, 4.69) is 17.0 Å². The van der Waals surface area contributed by atoms with Gasteiger partial charge in [-0.25, -0.2) is 13.1 Å². The Morgan fingerprint density at radius 1 is 0.925 bits per heavy atom. The third-order valence-electron chi connectivity index (χ3n) is 7.09. The van der Waals surface area contributed by atoms with Crippen molar-refractivity contribution in [1.29, 1.82) is 0 Å². The van der Waals surface area contributed by atoms with E-state index in [0.717, 1.165) is 38.5 Å². The average Bonchev–Trinajstić information content (AvgIpc) is 2.92. The first-order chi connectivity index (χ1) is 19.0. The highest BCUT2D eigenvalue weighted by Crippen LogP contribution is 2.67. The molecule has 1 fully saturated rings. The molecule has 0 bridgehead atoms. The third-order valence-corrected chi connectivity index (χ3v) is 13.0. The maximum atomic E-state index is 14.4. The Hall–Kier alpha value is -0.610. The second kappa shape index (κ2) is 17.5. The van der Waals surface area contributed by atoms with Gasteiger partial charge in [0.25, 0.3) is 0 Å². The molecule has 0 saturated heterocycles. The van der Waals surface area contributed by atoms with Crippen molar-refractivity contribution >= 4 is 25.2 Å². The number of nitrogens with one attached hydrogen (secondary N) is 2. The van der Waals surface area contributed by atoms with Crippen LogP contribution < -0.4 is 10.0 Å². The van der Waals surface area contributed by atoms with Crippen LogP contribution in [0.5, 0.6) is 0 Å². The van der Waals surface area contributed by atoms with Crippen LogP contribution in [0.25, 0.3) is 0 Å². The summed E-state index contributed by atoms with van der Waals surface area (Å²) in [6.07, 6.45) is 6.61. The summed E-state index contributed by atoms with van der Waals surface area (Å²) in [6, 6.07) is 8.78. The Morgan fingerprint density at radius 2 is 1.55 bits per heavy atom. The quantitative estimate of drug-likeness (QED) is 0.108. The molecule has 2 rings (SSSR count). The molecule has 0 heterocycles. The Bertz CT molecular complexity index is 1050. The van der Waals surface area contributed by atoms with E-state index < -0.39 is 36.2 Å². The van der Waals surface area contributed by atoms with Crippen molar-refractivity contribution in [1.82, 2.24) is 10.0 Å². The van der Waals surface area contributed by atoms with Crippen LogP contribution in [0.1, 0.15) is 90.5 Å². The van der Waals surface area contributed by atoms with Gasteiger partial charge in [0.1, 0.15) is 5.28 Å². The van der Waals surface area contributed by atoms with Crippen molar-refractivity contribution in [3.8, 4) is 0 Å². The van der Waals surface area contributed by atoms with Crippen LogP contribution in [0.15, 0.2) is 30.3 Å². The fraction of sp³-hybridized carbons (Fsp3) is 0.778. The highest BCUT2D eigenvalue weighted by Gasteiger charge is 2.56. The molecule has 232 valence electrons. The molecule has 1 aromatic carbocycles. The van der Waals surface area contributed by atoms with E-state index in [1.807, 2.05) is 19.9 Å². The van der Waals surface area contributed by atoms with Gasteiger partial charge in [-0.05, 0) is 50.6 Å². The van der Waals surface area contributed by atoms with E-state index in [1.165, 1.54) is 0 Å². The summed E-state index contributed by atoms with van der Waals surface area (Å²) in [5, 5.41) is 2.36. The molecule has 0 aliphatic heterocycles. The fourth-order valence-corrected chi connectivity index (χ4v) is 10.1. The van der Waals surface area contributed by atoms with Gasteiger partial charge in [-0.15, -0.1) is 0 Å². The molecule has 0 amide bonds. The van der Waals surface area contributed by atoms with Crippen LogP contribution in [-0.4, -0.2) is 57.2 Å². The Balaban J connectivity index is 2.12. The smallest absolute Gasteiger partial charge is 0.324 e. The Labute approximate surface area is 241 Å². The second-order valence-corrected chi connectivity index (χ2v) is 16.8. The minimum atomic E-state index is -4.18. The molecule has 0 spiro atoms. The van der Waals surface area contributed by atoms with Gasteiger partial charge in [0.2, 0.25) is 10.0 Å². The molecular weight excluding hydrogens is 574 g/mol. The zero-order chi connectivity index (χ0) is 29.5. The zero-order valence-electron chi connectivity index (χ0n) is 24.4. The molecule has 10 nitrogen and oxygen atoms in total. The van der Waals surface area contributed by atoms with Gasteiger partial charge in [0, 0.05) is 6.54 Å². The number of hydrogen-bond acceptors (Lipinski definition) is 8. The number of rotatable bonds is 21. The van der Waals surface area contributed by atoms with Gasteiger partial charge < -0.3 is 23.8 Å². The van der Waals surface area contributed by atoms with Crippen LogP contribution in [0, 0.1) is 0 Å². The highest BCUT2D eigenvalue weighted by atomic mass is 32.2. The summed E-state index contributed by atoms with van der Waals surface area (Å²) in [6.45, 7) is 6.89. The minimum absolute atomic E-state index is 0.111. The standard InChI is InChI=1S/C27H50N2O8P2S/c1-4-7-18-28-27(39(32,36-20-8-5-2)37-21-9-6-3)17-13-16-26(23-27)38(30,31)35-22-19-29-40(33,34)24-25-14-11-10-12-15-25/h10-12,14-15,26,28-29H,4-9,13,16-24H2,1-3H3,(H,30,31). The lowest BCUT2D eigenvalue weighted by atomic mass is 9.94. The molecule has 13 heteroatoms. The van der Waals surface area contributed by atoms with E-state index in [9.17, 15) is 22.4 Å². The van der Waals surface area contributed by atoms with E-state index in [1.54, 1.807) is 24.3 Å². The maximum absolute atomic E-state index is 14.4. The molecular formula is C27H50N2O8P2S. The molecule has 0 aromatic heterocycles. The molecule has 40 heavy (non-hydrogen) atoms. The average molecular weight is 625 g/mol. The first-order valence-electron chi connectivity index (χ1n) is 14.7. The van der Waals surface area contributed by atoms with Crippen molar-refractivity contribution in [3.63, 3.8) is 0 Å². The Morgan fingerprint density at radius 3 is 2.15 bits per heavy atom. The monoisotopic (exact) mass is 624 g/mol. The van der Waals surface area contributed by atoms with Crippen molar-refractivity contribution in [2.75, 3.05) is 32.9 Å². The number of unbranched alkanes of at least 4 members (excludes halogenated alkanes) is 3. The zero-order valence-corrected chi connectivity index (χ0v) is 27.0. The van der Waals surface area contributed by atoms with E-state index in [0.29, 0.717) is 31.4 Å². The summed E-state index contributed by atoms with van der Waals surface area (Å²) < 4.78 is 72.5. The lowest BCUT2D eigenvalue weighted by Gasteiger charge is -2.45. The lowest BCUT2D eigenvalue weighted by molar-refractivity contribution is 0.150. The fourth-order valence-electron chi connectivity index (χ4n) is 4.77. The first-order valence-corrected chi connectivity index (χ1v) is 19.5. The van der Waals surface area contributed by atoms with E-state index >= 15 is 0 Å². The van der Waals surface area contributed by atoms with Crippen molar-refractivity contribution < 1.29 is 36.0 Å². The molecule has 0 radical (unpaired) electrons. The summed E-state index contributed by atoms with van der Waals surface area (Å²) in [7, 11) is -11.5. The normalized spacial score (nSPS) is 21.8. The lowest BCUT2D eigenvalue weighted by Crippen LogP contribution is -2.51. The predicted octanol–water partition coefficient (Wildman–Crippen LogP) is 6.16. The summed E-state index contributed by atoms with van der Waals surface area (Å²) in [5.74, 6) is -0.190. The number of sulfonamides is 1. The van der Waals surface area contributed by atoms with Gasteiger partial charge in [-0.3, -0.25) is 9.13 Å². The van der Waals surface area contributed by atoms with Crippen molar-refractivity contribution in [2.24, 2.45) is 0 Å². The minimum Gasteiger partial charge on any atom is -0.324 e. The first kappa shape index (κ1) is 35.6. The predicted molar refractivity (Wildman–Crippen MR) is 160 cm³/mol. The summed E-state index contributed by atoms with van der Waals surface area (Å²) in [4.78, 5) is 11.0. The summed E-state index contributed by atoms with van der Waals surface area (Å²) in [5.41, 5.74) is -0.140. The largest absolute Gasteiger partial charge is 0.350 e. The van der Waals surface area contributed by atoms with Crippen LogP contribution in [0.3, 0.4) is 0 Å². The summed E-state index contributed by atoms with van der Waals surface area (Å²) >= 11 is 0. The van der Waals surface area contributed by atoms with E-state index in [4.69, 9.17) is 13.6 Å². The Kier molecular flexibility index (Phi) is 15.6. The van der Waals surface area contributed by atoms with Crippen LogP contribution in [0.2, 0.25) is 0 Å². The molecule has 1 aliphatic carbocycles. The van der Waals surface area contributed by atoms with Gasteiger partial charge >= 0.3 is 15.2 Å². The second-order valence-electron chi connectivity index (χ2n) is 10.5. The molecule has 1 aromatic rings. The van der Waals surface area contributed by atoms with Crippen LogP contribution in [0.4, 0.5) is 0 Å². The number of hydrogen-bond donors (Lipinski definition) is 3. The number of benzene rings is 1. The highest BCUT2D eigenvalue weighted by molar-refractivity contribution is 7.88. The molecule has 1 aliphatic rings. The topological polar surface area (TPSA) is 140 Å². The van der Waals surface area contributed by atoms with Crippen molar-refractivity contribution in [2.45, 2.75) is 102 Å². The molecule has 3 unspecified atom stereocenters. The molecule has 3 N–H and O–H groups in total. The maximum Gasteiger partial charge on any atom is 0.350 e. The van der Waals surface area contributed by atoms with Gasteiger partial charge in [-0.1, -0.05) is 76.8 Å². The van der Waals surface area contributed by atoms with Gasteiger partial charge in [0.05, 0.1) is 31.2 Å².